The summed E-state index contributed by atoms with van der Waals surface area (Å²) < 4.78 is 2.49. The smallest absolute Gasteiger partial charge is 0.169 e. The fourth-order valence-corrected chi connectivity index (χ4v) is 2.10. The number of anilines is 1. The molecule has 16 heavy (non-hydrogen) atoms. The fourth-order valence-electron chi connectivity index (χ4n) is 1.49. The zero-order chi connectivity index (χ0) is 11.7. The molecule has 0 unspecified atom stereocenters. The van der Waals surface area contributed by atoms with Crippen LogP contribution in [-0.4, -0.2) is 15.0 Å². The lowest BCUT2D eigenvalue weighted by Crippen LogP contribution is -2.03. The zero-order valence-corrected chi connectivity index (χ0v) is 11.0. The summed E-state index contributed by atoms with van der Waals surface area (Å²) in [6, 6.07) is 5.57. The summed E-state index contributed by atoms with van der Waals surface area (Å²) in [5.41, 5.74) is 7.45. The molecule has 1 heterocycles. The monoisotopic (exact) mass is 300 g/mol. The van der Waals surface area contributed by atoms with E-state index in [1.807, 2.05) is 19.1 Å². The molecule has 0 atom stereocenters. The Kier molecular flexibility index (Phi) is 3.16. The van der Waals surface area contributed by atoms with Crippen LogP contribution in [0.25, 0.3) is 5.69 Å². The van der Waals surface area contributed by atoms with Crippen molar-refractivity contribution in [2.24, 2.45) is 0 Å². The van der Waals surface area contributed by atoms with Crippen molar-refractivity contribution in [2.45, 2.75) is 13.3 Å². The molecular weight excluding hydrogens is 291 g/mol. The Morgan fingerprint density at radius 2 is 2.25 bits per heavy atom. The van der Waals surface area contributed by atoms with E-state index in [2.05, 4.69) is 26.2 Å². The molecule has 0 fully saturated rings. The van der Waals surface area contributed by atoms with Crippen LogP contribution >= 0.6 is 27.5 Å². The quantitative estimate of drug-likeness (QED) is 0.928. The summed E-state index contributed by atoms with van der Waals surface area (Å²) in [6.45, 7) is 2.00. The van der Waals surface area contributed by atoms with Gasteiger partial charge in [0.05, 0.1) is 20.9 Å². The van der Waals surface area contributed by atoms with Gasteiger partial charge in [-0.3, -0.25) is 0 Å². The predicted molar refractivity (Wildman–Crippen MR) is 67.9 cm³/mol. The average Bonchev–Trinajstić information content (AvgIpc) is 2.63. The fraction of sp³-hybridized carbons (Fsp3) is 0.200. The molecule has 0 aliphatic heterocycles. The SMILES string of the molecule is CCc1c(N)nnn1-c1cccc(Cl)c1Br. The van der Waals surface area contributed by atoms with Gasteiger partial charge >= 0.3 is 0 Å². The Balaban J connectivity index is 2.63. The van der Waals surface area contributed by atoms with Gasteiger partial charge in [0.25, 0.3) is 0 Å². The highest BCUT2D eigenvalue weighted by atomic mass is 79.9. The van der Waals surface area contributed by atoms with Crippen molar-refractivity contribution in [1.29, 1.82) is 0 Å². The van der Waals surface area contributed by atoms with E-state index in [4.69, 9.17) is 17.3 Å². The first-order valence-corrected chi connectivity index (χ1v) is 5.96. The average molecular weight is 302 g/mol. The van der Waals surface area contributed by atoms with Gasteiger partial charge < -0.3 is 5.73 Å². The standard InChI is InChI=1S/C10H10BrClN4/c1-2-7-10(13)14-15-16(7)8-5-3-4-6(12)9(8)11/h3-5H,2,13H2,1H3. The van der Waals surface area contributed by atoms with Crippen LogP contribution < -0.4 is 5.73 Å². The van der Waals surface area contributed by atoms with Crippen LogP contribution in [0.1, 0.15) is 12.6 Å². The largest absolute Gasteiger partial charge is 0.381 e. The second-order valence-corrected chi connectivity index (χ2v) is 4.46. The van der Waals surface area contributed by atoms with Gasteiger partial charge in [-0.2, -0.15) is 0 Å². The third-order valence-electron chi connectivity index (χ3n) is 2.29. The molecule has 84 valence electrons. The minimum atomic E-state index is 0.453. The number of rotatable bonds is 2. The molecule has 0 radical (unpaired) electrons. The van der Waals surface area contributed by atoms with E-state index in [1.165, 1.54) is 0 Å². The van der Waals surface area contributed by atoms with Crippen LogP contribution in [0.2, 0.25) is 5.02 Å². The Morgan fingerprint density at radius 1 is 1.50 bits per heavy atom. The van der Waals surface area contributed by atoms with Crippen molar-refractivity contribution in [3.05, 3.63) is 33.4 Å². The normalized spacial score (nSPS) is 10.7. The van der Waals surface area contributed by atoms with Crippen molar-refractivity contribution < 1.29 is 0 Å². The van der Waals surface area contributed by atoms with Gasteiger partial charge in [0, 0.05) is 0 Å². The Labute approximate surface area is 107 Å². The second-order valence-electron chi connectivity index (χ2n) is 3.26. The van der Waals surface area contributed by atoms with Gasteiger partial charge in [0.1, 0.15) is 0 Å². The third kappa shape index (κ3) is 1.81. The van der Waals surface area contributed by atoms with Crippen molar-refractivity contribution in [3.63, 3.8) is 0 Å². The Bertz CT molecular complexity index is 524. The summed E-state index contributed by atoms with van der Waals surface area (Å²) in [4.78, 5) is 0. The molecule has 2 aromatic rings. The molecule has 4 nitrogen and oxygen atoms in total. The maximum atomic E-state index is 6.03. The molecule has 0 amide bonds. The molecule has 0 saturated heterocycles. The van der Waals surface area contributed by atoms with E-state index in [1.54, 1.807) is 10.7 Å². The van der Waals surface area contributed by atoms with E-state index in [-0.39, 0.29) is 0 Å². The minimum absolute atomic E-state index is 0.453. The summed E-state index contributed by atoms with van der Waals surface area (Å²) >= 11 is 9.45. The van der Waals surface area contributed by atoms with E-state index in [9.17, 15) is 0 Å². The van der Waals surface area contributed by atoms with Gasteiger partial charge in [0.2, 0.25) is 0 Å². The molecule has 0 aliphatic carbocycles. The van der Waals surface area contributed by atoms with Crippen molar-refractivity contribution >= 4 is 33.3 Å². The number of hydrogen-bond donors (Lipinski definition) is 1. The summed E-state index contributed by atoms with van der Waals surface area (Å²) in [7, 11) is 0. The topological polar surface area (TPSA) is 56.7 Å². The summed E-state index contributed by atoms with van der Waals surface area (Å²) in [5.74, 6) is 0.453. The van der Waals surface area contributed by atoms with Gasteiger partial charge in [-0.25, -0.2) is 4.68 Å². The third-order valence-corrected chi connectivity index (χ3v) is 3.66. The van der Waals surface area contributed by atoms with Crippen LogP contribution in [-0.2, 0) is 6.42 Å². The number of nitrogens with two attached hydrogens (primary N) is 1. The zero-order valence-electron chi connectivity index (χ0n) is 8.61. The lowest BCUT2D eigenvalue weighted by Gasteiger charge is -2.08. The van der Waals surface area contributed by atoms with Gasteiger partial charge in [0.15, 0.2) is 5.82 Å². The Morgan fingerprint density at radius 3 is 2.94 bits per heavy atom. The second kappa shape index (κ2) is 4.43. The number of halogens is 2. The van der Waals surface area contributed by atoms with E-state index >= 15 is 0 Å². The number of hydrogen-bond acceptors (Lipinski definition) is 3. The number of benzene rings is 1. The van der Waals surface area contributed by atoms with Crippen molar-refractivity contribution in [2.75, 3.05) is 5.73 Å². The van der Waals surface area contributed by atoms with Crippen LogP contribution in [0.4, 0.5) is 5.82 Å². The van der Waals surface area contributed by atoms with Gasteiger partial charge in [-0.1, -0.05) is 29.8 Å². The first-order chi connectivity index (χ1) is 7.65. The van der Waals surface area contributed by atoms with Crippen LogP contribution in [0.3, 0.4) is 0 Å². The molecule has 6 heteroatoms. The van der Waals surface area contributed by atoms with Crippen molar-refractivity contribution in [1.82, 2.24) is 15.0 Å². The highest BCUT2D eigenvalue weighted by Crippen LogP contribution is 2.29. The molecule has 1 aromatic heterocycles. The minimum Gasteiger partial charge on any atom is -0.381 e. The Hall–Kier alpha value is -1.07. The predicted octanol–water partition coefficient (Wildman–Crippen LogP) is 2.83. The van der Waals surface area contributed by atoms with Gasteiger partial charge in [-0.15, -0.1) is 5.10 Å². The summed E-state index contributed by atoms with van der Waals surface area (Å²) in [6.07, 6.45) is 0.762. The van der Waals surface area contributed by atoms with Crippen molar-refractivity contribution in [3.8, 4) is 5.69 Å². The maximum absolute atomic E-state index is 6.03. The molecule has 0 bridgehead atoms. The van der Waals surface area contributed by atoms with Crippen LogP contribution in [0, 0.1) is 0 Å². The highest BCUT2D eigenvalue weighted by molar-refractivity contribution is 9.10. The van der Waals surface area contributed by atoms with E-state index < -0.39 is 0 Å². The summed E-state index contributed by atoms with van der Waals surface area (Å²) in [5, 5.41) is 8.51. The van der Waals surface area contributed by atoms with E-state index in [0.29, 0.717) is 10.8 Å². The number of nitrogen functional groups attached to an aromatic ring is 1. The lowest BCUT2D eigenvalue weighted by atomic mass is 10.3. The van der Waals surface area contributed by atoms with Crippen LogP contribution in [0.5, 0.6) is 0 Å². The molecule has 0 aliphatic rings. The van der Waals surface area contributed by atoms with Crippen LogP contribution in [0.15, 0.2) is 22.7 Å². The molecule has 2 N–H and O–H groups in total. The highest BCUT2D eigenvalue weighted by Gasteiger charge is 2.13. The molecule has 0 spiro atoms. The first kappa shape index (κ1) is 11.4. The molecule has 0 saturated carbocycles. The molecule has 1 aromatic carbocycles. The number of aromatic nitrogens is 3. The molecule has 2 rings (SSSR count). The number of nitrogens with zero attached hydrogens (tertiary/aromatic N) is 3. The first-order valence-electron chi connectivity index (χ1n) is 4.79. The lowest BCUT2D eigenvalue weighted by molar-refractivity contribution is 0.765. The maximum Gasteiger partial charge on any atom is 0.169 e. The molecular formula is C10H10BrClN4. The van der Waals surface area contributed by atoms with E-state index in [0.717, 1.165) is 22.3 Å². The van der Waals surface area contributed by atoms with Gasteiger partial charge in [-0.05, 0) is 34.5 Å².